The number of ether oxygens (including phenoxy) is 1. The number of anilines is 1. The standard InChI is InChI=1S/C20H17ClF3N3O3/c1-27-18(16(21)11-25-27)15-10-14(5-6-17(15)30-8-7-28)26-19(29)12-3-2-4-13(9-12)20(22,23)24/h2-6,9-11,28H,7-8H2,1H3,(H,26,29). The van der Waals surface area contributed by atoms with Crippen LogP contribution in [0.4, 0.5) is 18.9 Å². The van der Waals surface area contributed by atoms with Gasteiger partial charge in [0.1, 0.15) is 12.4 Å². The Morgan fingerprint density at radius 2 is 2.03 bits per heavy atom. The van der Waals surface area contributed by atoms with Crippen molar-refractivity contribution in [1.82, 2.24) is 9.78 Å². The van der Waals surface area contributed by atoms with Crippen LogP contribution in [0.3, 0.4) is 0 Å². The fraction of sp³-hybridized carbons (Fsp3) is 0.200. The predicted molar refractivity (Wildman–Crippen MR) is 106 cm³/mol. The van der Waals surface area contributed by atoms with Gasteiger partial charge in [0.25, 0.3) is 5.91 Å². The molecule has 1 aromatic heterocycles. The molecule has 30 heavy (non-hydrogen) atoms. The molecule has 0 unspecified atom stereocenters. The Kier molecular flexibility index (Phi) is 6.33. The number of amides is 1. The van der Waals surface area contributed by atoms with Gasteiger partial charge in [-0.15, -0.1) is 0 Å². The number of alkyl halides is 3. The smallest absolute Gasteiger partial charge is 0.416 e. The number of aliphatic hydroxyl groups excluding tert-OH is 1. The highest BCUT2D eigenvalue weighted by atomic mass is 35.5. The van der Waals surface area contributed by atoms with Gasteiger partial charge in [-0.3, -0.25) is 9.48 Å². The van der Waals surface area contributed by atoms with Gasteiger partial charge in [-0.05, 0) is 36.4 Å². The molecule has 1 amide bonds. The third-order valence-electron chi connectivity index (χ3n) is 4.19. The van der Waals surface area contributed by atoms with Crippen LogP contribution in [-0.2, 0) is 13.2 Å². The summed E-state index contributed by atoms with van der Waals surface area (Å²) in [6.07, 6.45) is -3.11. The van der Waals surface area contributed by atoms with Crippen molar-refractivity contribution in [2.75, 3.05) is 18.5 Å². The maximum Gasteiger partial charge on any atom is 0.416 e. The van der Waals surface area contributed by atoms with E-state index in [-0.39, 0.29) is 18.8 Å². The van der Waals surface area contributed by atoms with Gasteiger partial charge in [-0.25, -0.2) is 0 Å². The Morgan fingerprint density at radius 3 is 2.67 bits per heavy atom. The summed E-state index contributed by atoms with van der Waals surface area (Å²) < 4.78 is 45.8. The van der Waals surface area contributed by atoms with Crippen LogP contribution in [0.25, 0.3) is 11.3 Å². The van der Waals surface area contributed by atoms with Crippen molar-refractivity contribution in [2.24, 2.45) is 7.05 Å². The highest BCUT2D eigenvalue weighted by Gasteiger charge is 2.31. The number of hydrogen-bond donors (Lipinski definition) is 2. The third kappa shape index (κ3) is 4.74. The minimum atomic E-state index is -4.55. The molecule has 0 saturated carbocycles. The maximum atomic E-state index is 12.9. The molecule has 3 rings (SSSR count). The Bertz CT molecular complexity index is 1050. The number of hydrogen-bond acceptors (Lipinski definition) is 4. The first-order valence-corrected chi connectivity index (χ1v) is 9.12. The highest BCUT2D eigenvalue weighted by Crippen LogP contribution is 2.37. The van der Waals surface area contributed by atoms with E-state index >= 15 is 0 Å². The molecule has 2 aromatic carbocycles. The number of carbonyl (C=O) groups is 1. The Morgan fingerprint density at radius 1 is 1.27 bits per heavy atom. The van der Waals surface area contributed by atoms with E-state index in [2.05, 4.69) is 10.4 Å². The topological polar surface area (TPSA) is 76.4 Å². The van der Waals surface area contributed by atoms with Crippen LogP contribution in [0.15, 0.2) is 48.7 Å². The number of rotatable bonds is 6. The molecule has 0 aliphatic carbocycles. The zero-order valence-corrected chi connectivity index (χ0v) is 16.5. The lowest BCUT2D eigenvalue weighted by Gasteiger charge is -2.14. The van der Waals surface area contributed by atoms with Crippen molar-refractivity contribution in [2.45, 2.75) is 6.18 Å². The largest absolute Gasteiger partial charge is 0.490 e. The Hall–Kier alpha value is -3.04. The highest BCUT2D eigenvalue weighted by molar-refractivity contribution is 6.33. The maximum absolute atomic E-state index is 12.9. The van der Waals surface area contributed by atoms with Crippen LogP contribution >= 0.6 is 11.6 Å². The van der Waals surface area contributed by atoms with Crippen molar-refractivity contribution >= 4 is 23.2 Å². The Labute approximate surface area is 174 Å². The van der Waals surface area contributed by atoms with Gasteiger partial charge >= 0.3 is 6.18 Å². The van der Waals surface area contributed by atoms with Crippen LogP contribution in [0.2, 0.25) is 5.02 Å². The quantitative estimate of drug-likeness (QED) is 0.597. The second-order valence-corrected chi connectivity index (χ2v) is 6.69. The van der Waals surface area contributed by atoms with E-state index in [0.717, 1.165) is 12.1 Å². The van der Waals surface area contributed by atoms with E-state index in [9.17, 15) is 18.0 Å². The number of carbonyl (C=O) groups excluding carboxylic acids is 1. The fourth-order valence-corrected chi connectivity index (χ4v) is 3.10. The lowest BCUT2D eigenvalue weighted by atomic mass is 10.1. The molecule has 0 atom stereocenters. The Balaban J connectivity index is 1.94. The number of benzene rings is 2. The summed E-state index contributed by atoms with van der Waals surface area (Å²) in [5.41, 5.74) is 0.284. The van der Waals surface area contributed by atoms with E-state index < -0.39 is 17.6 Å². The molecule has 1 heterocycles. The molecule has 0 radical (unpaired) electrons. The van der Waals surface area contributed by atoms with Crippen molar-refractivity contribution in [3.63, 3.8) is 0 Å². The van der Waals surface area contributed by atoms with E-state index in [1.165, 1.54) is 29.1 Å². The zero-order valence-electron chi connectivity index (χ0n) is 15.7. The van der Waals surface area contributed by atoms with Gasteiger partial charge in [-0.2, -0.15) is 18.3 Å². The SMILES string of the molecule is Cn1ncc(Cl)c1-c1cc(NC(=O)c2cccc(C(F)(F)F)c2)ccc1OCCO. The molecule has 158 valence electrons. The number of aliphatic hydroxyl groups is 1. The average molecular weight is 440 g/mol. The van der Waals surface area contributed by atoms with Crippen molar-refractivity contribution in [3.8, 4) is 17.0 Å². The summed E-state index contributed by atoms with van der Waals surface area (Å²) in [6, 6.07) is 8.81. The average Bonchev–Trinajstić information content (AvgIpc) is 3.04. The normalized spacial score (nSPS) is 11.4. The van der Waals surface area contributed by atoms with Crippen molar-refractivity contribution < 1.29 is 27.8 Å². The number of nitrogens with zero attached hydrogens (tertiary/aromatic N) is 2. The number of halogens is 4. The molecular weight excluding hydrogens is 423 g/mol. The van der Waals surface area contributed by atoms with Gasteiger partial charge in [0.05, 0.1) is 29.1 Å². The van der Waals surface area contributed by atoms with Crippen LogP contribution in [0.1, 0.15) is 15.9 Å². The minimum absolute atomic E-state index is 0.0401. The summed E-state index contributed by atoms with van der Waals surface area (Å²) in [4.78, 5) is 12.5. The molecule has 3 aromatic rings. The summed E-state index contributed by atoms with van der Waals surface area (Å²) in [6.45, 7) is -0.162. The lowest BCUT2D eigenvalue weighted by molar-refractivity contribution is -0.137. The van der Waals surface area contributed by atoms with Gasteiger partial charge in [0, 0.05) is 23.9 Å². The summed E-state index contributed by atoms with van der Waals surface area (Å²) in [5.74, 6) is -0.307. The van der Waals surface area contributed by atoms with Gasteiger partial charge in [0.15, 0.2) is 0 Å². The van der Waals surface area contributed by atoms with Crippen LogP contribution in [0, 0.1) is 0 Å². The molecule has 0 saturated heterocycles. The monoisotopic (exact) mass is 439 g/mol. The molecule has 10 heteroatoms. The van der Waals surface area contributed by atoms with Crippen LogP contribution in [-0.4, -0.2) is 34.0 Å². The predicted octanol–water partition coefficient (Wildman–Crippen LogP) is 4.38. The molecule has 0 fully saturated rings. The van der Waals surface area contributed by atoms with E-state index in [1.807, 2.05) is 0 Å². The minimum Gasteiger partial charge on any atom is -0.490 e. The van der Waals surface area contributed by atoms with Gasteiger partial charge < -0.3 is 15.2 Å². The van der Waals surface area contributed by atoms with Gasteiger partial charge in [0.2, 0.25) is 0 Å². The summed E-state index contributed by atoms with van der Waals surface area (Å²) >= 11 is 6.22. The first-order chi connectivity index (χ1) is 14.2. The fourth-order valence-electron chi connectivity index (χ4n) is 2.83. The van der Waals surface area contributed by atoms with Crippen molar-refractivity contribution in [3.05, 3.63) is 64.8 Å². The number of nitrogens with one attached hydrogen (secondary N) is 1. The van der Waals surface area contributed by atoms with Crippen LogP contribution in [0.5, 0.6) is 5.75 Å². The lowest BCUT2D eigenvalue weighted by Crippen LogP contribution is -2.14. The third-order valence-corrected chi connectivity index (χ3v) is 4.46. The van der Waals surface area contributed by atoms with Gasteiger partial charge in [-0.1, -0.05) is 17.7 Å². The van der Waals surface area contributed by atoms with E-state index in [1.54, 1.807) is 19.2 Å². The molecule has 0 spiro atoms. The first kappa shape index (κ1) is 21.7. The molecule has 0 bridgehead atoms. The molecule has 0 aliphatic rings. The molecule has 6 nitrogen and oxygen atoms in total. The molecular formula is C20H17ClF3N3O3. The number of aryl methyl sites for hydroxylation is 1. The molecule has 0 aliphatic heterocycles. The zero-order chi connectivity index (χ0) is 21.9. The number of aromatic nitrogens is 2. The van der Waals surface area contributed by atoms with E-state index in [4.69, 9.17) is 21.4 Å². The van der Waals surface area contributed by atoms with E-state index in [0.29, 0.717) is 27.7 Å². The summed E-state index contributed by atoms with van der Waals surface area (Å²) in [7, 11) is 1.67. The second-order valence-electron chi connectivity index (χ2n) is 6.28. The second kappa shape index (κ2) is 8.76. The molecule has 2 N–H and O–H groups in total. The summed E-state index contributed by atoms with van der Waals surface area (Å²) in [5, 5.41) is 16.0. The van der Waals surface area contributed by atoms with Crippen LogP contribution < -0.4 is 10.1 Å². The van der Waals surface area contributed by atoms with Crippen molar-refractivity contribution in [1.29, 1.82) is 0 Å². The first-order valence-electron chi connectivity index (χ1n) is 8.75.